The highest BCUT2D eigenvalue weighted by molar-refractivity contribution is 5.71. The number of esters is 3. The molecule has 0 spiro atoms. The highest BCUT2D eigenvalue weighted by atomic mass is 16.6. The first-order valence-corrected chi connectivity index (χ1v) is 33.1. The lowest BCUT2D eigenvalue weighted by Gasteiger charge is -2.18. The molecule has 0 amide bonds. The van der Waals surface area contributed by atoms with E-state index < -0.39 is 6.10 Å². The maximum absolute atomic E-state index is 12.9. The molecule has 82 heavy (non-hydrogen) atoms. The van der Waals surface area contributed by atoms with Crippen molar-refractivity contribution in [3.05, 3.63) is 170 Å². The Kier molecular flexibility index (Phi) is 63.9. The van der Waals surface area contributed by atoms with Crippen LogP contribution in [0.2, 0.25) is 0 Å². The number of hydrogen-bond donors (Lipinski definition) is 0. The maximum Gasteiger partial charge on any atom is 0.306 e. The maximum atomic E-state index is 12.9. The van der Waals surface area contributed by atoms with Gasteiger partial charge in [-0.25, -0.2) is 0 Å². The second-order valence-corrected chi connectivity index (χ2v) is 21.3. The van der Waals surface area contributed by atoms with E-state index in [1.54, 1.807) is 0 Å². The highest BCUT2D eigenvalue weighted by Gasteiger charge is 2.19. The second kappa shape index (κ2) is 68.3. The van der Waals surface area contributed by atoms with Crippen molar-refractivity contribution in [1.29, 1.82) is 0 Å². The number of carbonyl (C=O) groups excluding carboxylic acids is 3. The Bertz CT molecular complexity index is 1870. The number of hydrogen-bond acceptors (Lipinski definition) is 6. The predicted octanol–water partition coefficient (Wildman–Crippen LogP) is 23.0. The number of ether oxygens (including phenoxy) is 3. The molecule has 0 rings (SSSR count). The Hall–Kier alpha value is -5.23. The molecule has 0 heterocycles. The van der Waals surface area contributed by atoms with Crippen molar-refractivity contribution in [2.24, 2.45) is 0 Å². The molecule has 0 aliphatic rings. The Morgan fingerprint density at radius 2 is 0.476 bits per heavy atom. The number of allylic oxidation sites excluding steroid dienone is 28. The third kappa shape index (κ3) is 65.6. The first-order chi connectivity index (χ1) is 40.5. The SMILES string of the molecule is CC/C=C\C/C=C\C/C=C\C/C=C\C/C=C\C/C=C\C/C=C\C/C=C\C/C=C\C/C=C\CCCCCCC(=O)OCC(COC(=O)CCCCCCCC)OC(=O)CCCCCCCCCCCC/C=C\C/C=C\C/C=C\C/C=C\CC. The Balaban J connectivity index is 4.18. The van der Waals surface area contributed by atoms with Crippen LogP contribution >= 0.6 is 0 Å². The molecule has 0 aromatic heterocycles. The standard InChI is InChI=1S/C76H120O6/c1-4-7-10-13-16-18-20-22-24-26-28-30-32-33-34-35-36-37-38-39-40-41-42-43-45-46-48-50-52-54-56-58-60-63-66-69-75(78)81-72-73(71-80-74(77)68-65-62-15-12-9-6-3)82-76(79)70-67-64-61-59-57-55-53-51-49-47-44-31-29-27-25-23-21-19-17-14-11-8-5-2/h7-8,10-11,16-19,22-25,28-31,33-34,36-37,39-40,42-43,46,48,52,54,73H,4-6,9,12-15,20-21,26-27,32,35,38,41,44-45,47,49-51,53,55-72H2,1-3H3/b10-7-,11-8-,18-16-,19-17-,24-22-,25-23-,30-28-,31-29-,34-33-,37-36-,40-39-,43-42-,48-46-,54-52-. The largest absolute Gasteiger partial charge is 0.462 e. The molecule has 0 saturated carbocycles. The average Bonchev–Trinajstić information content (AvgIpc) is 3.47. The first-order valence-electron chi connectivity index (χ1n) is 33.1. The fourth-order valence-corrected chi connectivity index (χ4v) is 8.58. The molecular weight excluding hydrogens is 1010 g/mol. The lowest BCUT2D eigenvalue weighted by atomic mass is 10.0. The third-order valence-corrected chi connectivity index (χ3v) is 13.5. The van der Waals surface area contributed by atoms with Crippen LogP contribution in [0.1, 0.15) is 271 Å². The molecule has 1 atom stereocenters. The molecule has 0 N–H and O–H groups in total. The van der Waals surface area contributed by atoms with Gasteiger partial charge in [-0.3, -0.25) is 14.4 Å². The molecule has 0 fully saturated rings. The number of rotatable bonds is 58. The molecule has 0 bridgehead atoms. The van der Waals surface area contributed by atoms with Crippen LogP contribution in [0.5, 0.6) is 0 Å². The second-order valence-electron chi connectivity index (χ2n) is 21.3. The van der Waals surface area contributed by atoms with E-state index in [1.807, 2.05) is 0 Å². The molecule has 460 valence electrons. The minimum Gasteiger partial charge on any atom is -0.462 e. The van der Waals surface area contributed by atoms with Gasteiger partial charge in [0.2, 0.25) is 0 Å². The van der Waals surface area contributed by atoms with Crippen LogP contribution in [-0.2, 0) is 28.6 Å². The molecule has 0 aliphatic heterocycles. The normalized spacial score (nSPS) is 13.3. The van der Waals surface area contributed by atoms with Gasteiger partial charge < -0.3 is 14.2 Å². The zero-order valence-corrected chi connectivity index (χ0v) is 52.7. The lowest BCUT2D eigenvalue weighted by Crippen LogP contribution is -2.30. The van der Waals surface area contributed by atoms with Crippen molar-refractivity contribution in [3.8, 4) is 0 Å². The summed E-state index contributed by atoms with van der Waals surface area (Å²) in [5, 5.41) is 0. The van der Waals surface area contributed by atoms with Crippen LogP contribution in [0.3, 0.4) is 0 Å². The van der Waals surface area contributed by atoms with E-state index >= 15 is 0 Å². The van der Waals surface area contributed by atoms with Crippen molar-refractivity contribution < 1.29 is 28.6 Å². The Morgan fingerprint density at radius 3 is 0.744 bits per heavy atom. The Labute approximate surface area is 504 Å². The average molecular weight is 1130 g/mol. The fourth-order valence-electron chi connectivity index (χ4n) is 8.58. The summed E-state index contributed by atoms with van der Waals surface area (Å²) in [6, 6.07) is 0. The van der Waals surface area contributed by atoms with Gasteiger partial charge in [-0.05, 0) is 135 Å². The molecule has 6 heteroatoms. The molecule has 1 unspecified atom stereocenters. The van der Waals surface area contributed by atoms with Crippen LogP contribution in [0, 0.1) is 0 Å². The van der Waals surface area contributed by atoms with E-state index in [2.05, 4.69) is 191 Å². The minimum atomic E-state index is -0.796. The van der Waals surface area contributed by atoms with E-state index in [1.165, 1.54) is 70.6 Å². The van der Waals surface area contributed by atoms with Crippen LogP contribution in [0.25, 0.3) is 0 Å². The molecule has 0 aromatic rings. The van der Waals surface area contributed by atoms with Gasteiger partial charge in [0, 0.05) is 19.3 Å². The quantitative estimate of drug-likeness (QED) is 0.0261. The molecule has 0 saturated heterocycles. The summed E-state index contributed by atoms with van der Waals surface area (Å²) < 4.78 is 16.8. The van der Waals surface area contributed by atoms with Gasteiger partial charge >= 0.3 is 17.9 Å². The van der Waals surface area contributed by atoms with E-state index in [0.29, 0.717) is 19.3 Å². The van der Waals surface area contributed by atoms with Crippen molar-refractivity contribution >= 4 is 17.9 Å². The van der Waals surface area contributed by atoms with Crippen LogP contribution < -0.4 is 0 Å². The smallest absolute Gasteiger partial charge is 0.306 e. The van der Waals surface area contributed by atoms with Crippen LogP contribution in [0.4, 0.5) is 0 Å². The lowest BCUT2D eigenvalue weighted by molar-refractivity contribution is -0.167. The molecule has 0 aromatic carbocycles. The van der Waals surface area contributed by atoms with Crippen LogP contribution in [0.15, 0.2) is 170 Å². The van der Waals surface area contributed by atoms with Gasteiger partial charge in [-0.2, -0.15) is 0 Å². The summed E-state index contributed by atoms with van der Waals surface area (Å²) in [6.07, 6.45) is 101. The van der Waals surface area contributed by atoms with Gasteiger partial charge in [0.1, 0.15) is 13.2 Å². The van der Waals surface area contributed by atoms with E-state index in [9.17, 15) is 14.4 Å². The van der Waals surface area contributed by atoms with Crippen molar-refractivity contribution in [3.63, 3.8) is 0 Å². The number of carbonyl (C=O) groups is 3. The molecule has 0 aliphatic carbocycles. The van der Waals surface area contributed by atoms with E-state index in [-0.39, 0.29) is 31.1 Å². The molecule has 0 radical (unpaired) electrons. The van der Waals surface area contributed by atoms with Crippen molar-refractivity contribution in [2.45, 2.75) is 277 Å². The van der Waals surface area contributed by atoms with E-state index in [4.69, 9.17) is 14.2 Å². The number of unbranched alkanes of at least 4 members (excludes halogenated alkanes) is 19. The van der Waals surface area contributed by atoms with Gasteiger partial charge in [0.15, 0.2) is 6.10 Å². The predicted molar refractivity (Wildman–Crippen MR) is 357 cm³/mol. The topological polar surface area (TPSA) is 78.9 Å². The van der Waals surface area contributed by atoms with Gasteiger partial charge in [-0.15, -0.1) is 0 Å². The van der Waals surface area contributed by atoms with Crippen molar-refractivity contribution in [2.75, 3.05) is 13.2 Å². The monoisotopic (exact) mass is 1130 g/mol. The summed E-state index contributed by atoms with van der Waals surface area (Å²) in [6.45, 7) is 6.32. The first kappa shape index (κ1) is 76.8. The van der Waals surface area contributed by atoms with Gasteiger partial charge in [-0.1, -0.05) is 287 Å². The Morgan fingerprint density at radius 1 is 0.256 bits per heavy atom. The summed E-state index contributed by atoms with van der Waals surface area (Å²) in [5.41, 5.74) is 0. The van der Waals surface area contributed by atoms with Gasteiger partial charge in [0.05, 0.1) is 0 Å². The van der Waals surface area contributed by atoms with Gasteiger partial charge in [0.25, 0.3) is 0 Å². The zero-order chi connectivity index (χ0) is 59.2. The summed E-state index contributed by atoms with van der Waals surface area (Å²) in [7, 11) is 0. The zero-order valence-electron chi connectivity index (χ0n) is 52.7. The summed E-state index contributed by atoms with van der Waals surface area (Å²) in [4.78, 5) is 38.0. The summed E-state index contributed by atoms with van der Waals surface area (Å²) >= 11 is 0. The van der Waals surface area contributed by atoms with Crippen molar-refractivity contribution in [1.82, 2.24) is 0 Å². The molecule has 6 nitrogen and oxygen atoms in total. The highest BCUT2D eigenvalue weighted by Crippen LogP contribution is 2.15. The minimum absolute atomic E-state index is 0.0936. The third-order valence-electron chi connectivity index (χ3n) is 13.5. The summed E-state index contributed by atoms with van der Waals surface area (Å²) in [5.74, 6) is -0.938. The molecular formula is C76H120O6. The van der Waals surface area contributed by atoms with E-state index in [0.717, 1.165) is 161 Å². The fraction of sp³-hybridized carbons (Fsp3) is 0.592. The van der Waals surface area contributed by atoms with Crippen LogP contribution in [-0.4, -0.2) is 37.2 Å².